The number of rotatable bonds is 2. The fourth-order valence-corrected chi connectivity index (χ4v) is 3.43. The zero-order valence-corrected chi connectivity index (χ0v) is 10.8. The summed E-state index contributed by atoms with van der Waals surface area (Å²) in [6.07, 6.45) is 0. The van der Waals surface area contributed by atoms with E-state index >= 15 is 0 Å². The molecule has 0 spiro atoms. The molecule has 0 unspecified atom stereocenters. The van der Waals surface area contributed by atoms with Gasteiger partial charge in [-0.25, -0.2) is 13.4 Å². The average molecular weight is 275 g/mol. The first-order valence-electron chi connectivity index (χ1n) is 5.16. The molecular weight excluding hydrogens is 262 g/mol. The first-order chi connectivity index (χ1) is 8.02. The van der Waals surface area contributed by atoms with Gasteiger partial charge in [-0.15, -0.1) is 11.3 Å². The summed E-state index contributed by atoms with van der Waals surface area (Å²) in [7, 11) is -2.96. The van der Waals surface area contributed by atoms with E-state index in [1.165, 1.54) is 16.2 Å². The molecule has 0 aromatic carbocycles. The van der Waals surface area contributed by atoms with E-state index in [4.69, 9.17) is 5.73 Å². The van der Waals surface area contributed by atoms with E-state index in [1.807, 2.05) is 0 Å². The van der Waals surface area contributed by atoms with Crippen LogP contribution in [0.25, 0.3) is 0 Å². The van der Waals surface area contributed by atoms with Crippen LogP contribution in [-0.2, 0) is 16.4 Å². The zero-order valence-electron chi connectivity index (χ0n) is 9.13. The van der Waals surface area contributed by atoms with E-state index in [9.17, 15) is 13.2 Å². The molecule has 2 heterocycles. The van der Waals surface area contributed by atoms with Gasteiger partial charge in [0.05, 0.1) is 11.5 Å². The maximum atomic E-state index is 12.0. The Morgan fingerprint density at radius 3 is 2.65 bits per heavy atom. The Labute approximate surface area is 103 Å². The van der Waals surface area contributed by atoms with Gasteiger partial charge in [0.1, 0.15) is 10.7 Å². The lowest BCUT2D eigenvalue weighted by Crippen LogP contribution is -2.43. The summed E-state index contributed by atoms with van der Waals surface area (Å²) >= 11 is 1.34. The number of sulfone groups is 1. The van der Waals surface area contributed by atoms with Crippen molar-refractivity contribution in [1.29, 1.82) is 0 Å². The van der Waals surface area contributed by atoms with Crippen molar-refractivity contribution in [3.8, 4) is 0 Å². The van der Waals surface area contributed by atoms with E-state index in [1.54, 1.807) is 5.38 Å². The Morgan fingerprint density at radius 2 is 2.12 bits per heavy atom. The number of hydrogen-bond donors (Lipinski definition) is 1. The number of carbonyl (C=O) groups excluding carboxylic acids is 1. The summed E-state index contributed by atoms with van der Waals surface area (Å²) in [5.74, 6) is -0.143. The monoisotopic (exact) mass is 275 g/mol. The number of nitrogens with two attached hydrogens (primary N) is 1. The molecule has 6 nitrogen and oxygen atoms in total. The highest BCUT2D eigenvalue weighted by atomic mass is 32.2. The first-order valence-corrected chi connectivity index (χ1v) is 7.86. The second kappa shape index (κ2) is 4.71. The van der Waals surface area contributed by atoms with Crippen molar-refractivity contribution in [1.82, 2.24) is 9.88 Å². The van der Waals surface area contributed by atoms with Crippen LogP contribution in [0.2, 0.25) is 0 Å². The van der Waals surface area contributed by atoms with Gasteiger partial charge >= 0.3 is 0 Å². The molecule has 1 aliphatic heterocycles. The van der Waals surface area contributed by atoms with Crippen molar-refractivity contribution in [2.45, 2.75) is 6.54 Å². The highest BCUT2D eigenvalue weighted by Crippen LogP contribution is 2.13. The number of hydrogen-bond acceptors (Lipinski definition) is 6. The van der Waals surface area contributed by atoms with Crippen molar-refractivity contribution < 1.29 is 13.2 Å². The molecule has 2 rings (SSSR count). The second-order valence-corrected chi connectivity index (χ2v) is 7.02. The molecule has 1 fully saturated rings. The molecule has 0 saturated carbocycles. The van der Waals surface area contributed by atoms with E-state index in [0.29, 0.717) is 17.2 Å². The molecule has 94 valence electrons. The molecule has 1 aliphatic rings. The lowest BCUT2D eigenvalue weighted by atomic mass is 10.4. The third-order valence-corrected chi connectivity index (χ3v) is 5.06. The van der Waals surface area contributed by atoms with Gasteiger partial charge in [0, 0.05) is 25.0 Å². The summed E-state index contributed by atoms with van der Waals surface area (Å²) < 4.78 is 22.5. The van der Waals surface area contributed by atoms with E-state index in [2.05, 4.69) is 4.98 Å². The van der Waals surface area contributed by atoms with Crippen LogP contribution in [-0.4, -0.2) is 48.8 Å². The number of amides is 1. The van der Waals surface area contributed by atoms with Crippen LogP contribution in [0.5, 0.6) is 0 Å². The van der Waals surface area contributed by atoms with Gasteiger partial charge in [-0.2, -0.15) is 0 Å². The first kappa shape index (κ1) is 12.5. The normalized spacial score (nSPS) is 19.2. The largest absolute Gasteiger partial charge is 0.335 e. The van der Waals surface area contributed by atoms with Crippen molar-refractivity contribution in [2.24, 2.45) is 5.73 Å². The smallest absolute Gasteiger partial charge is 0.273 e. The molecule has 0 atom stereocenters. The second-order valence-electron chi connectivity index (χ2n) is 3.77. The van der Waals surface area contributed by atoms with Gasteiger partial charge in [0.2, 0.25) is 0 Å². The summed E-state index contributed by atoms with van der Waals surface area (Å²) in [5, 5.41) is 2.37. The Hall–Kier alpha value is -0.990. The number of thiazole rings is 1. The summed E-state index contributed by atoms with van der Waals surface area (Å²) in [5.41, 5.74) is 5.78. The molecule has 1 amide bonds. The third kappa shape index (κ3) is 2.82. The van der Waals surface area contributed by atoms with Gasteiger partial charge in [0.25, 0.3) is 5.91 Å². The topological polar surface area (TPSA) is 93.4 Å². The minimum Gasteiger partial charge on any atom is -0.335 e. The summed E-state index contributed by atoms with van der Waals surface area (Å²) in [6, 6.07) is 0. The van der Waals surface area contributed by atoms with Crippen LogP contribution in [0.1, 0.15) is 15.5 Å². The highest BCUT2D eigenvalue weighted by Gasteiger charge is 2.26. The predicted molar refractivity (Wildman–Crippen MR) is 64.6 cm³/mol. The summed E-state index contributed by atoms with van der Waals surface area (Å²) in [6.45, 7) is 0.805. The van der Waals surface area contributed by atoms with E-state index in [0.717, 1.165) is 0 Å². The van der Waals surface area contributed by atoms with Crippen molar-refractivity contribution >= 4 is 27.1 Å². The molecule has 17 heavy (non-hydrogen) atoms. The number of nitrogens with zero attached hydrogens (tertiary/aromatic N) is 2. The molecule has 0 aliphatic carbocycles. The van der Waals surface area contributed by atoms with Gasteiger partial charge in [-0.05, 0) is 0 Å². The molecule has 0 bridgehead atoms. The van der Waals surface area contributed by atoms with Gasteiger partial charge < -0.3 is 10.6 Å². The third-order valence-electron chi connectivity index (χ3n) is 2.58. The quantitative estimate of drug-likeness (QED) is 0.783. The van der Waals surface area contributed by atoms with E-state index in [-0.39, 0.29) is 30.5 Å². The lowest BCUT2D eigenvalue weighted by molar-refractivity contribution is 0.0765. The summed E-state index contributed by atoms with van der Waals surface area (Å²) in [4.78, 5) is 17.6. The van der Waals surface area contributed by atoms with Gasteiger partial charge in [0.15, 0.2) is 9.84 Å². The fraction of sp³-hybridized carbons (Fsp3) is 0.556. The van der Waals surface area contributed by atoms with Crippen LogP contribution in [0, 0.1) is 0 Å². The molecule has 1 aromatic rings. The Kier molecular flexibility index (Phi) is 3.45. The molecule has 8 heteroatoms. The maximum Gasteiger partial charge on any atom is 0.273 e. The molecule has 1 saturated heterocycles. The number of aromatic nitrogens is 1. The minimum absolute atomic E-state index is 0.0343. The molecular formula is C9H13N3O3S2. The van der Waals surface area contributed by atoms with E-state index < -0.39 is 9.84 Å². The predicted octanol–water partition coefficient (Wildman–Crippen LogP) is -0.528. The van der Waals surface area contributed by atoms with Crippen molar-refractivity contribution in [3.63, 3.8) is 0 Å². The molecule has 1 aromatic heterocycles. The standard InChI is InChI=1S/C9H13N3O3S2/c10-5-8-11-7(6-16-8)9(13)12-1-3-17(14,15)4-2-12/h6H,1-5,10H2. The van der Waals surface area contributed by atoms with Crippen molar-refractivity contribution in [3.05, 3.63) is 16.1 Å². The van der Waals surface area contributed by atoms with Gasteiger partial charge in [-0.1, -0.05) is 0 Å². The Balaban J connectivity index is 2.06. The van der Waals surface area contributed by atoms with Crippen LogP contribution in [0.4, 0.5) is 0 Å². The SMILES string of the molecule is NCc1nc(C(=O)N2CCS(=O)(=O)CC2)cs1. The van der Waals surface area contributed by atoms with Crippen LogP contribution in [0.3, 0.4) is 0 Å². The van der Waals surface area contributed by atoms with Crippen molar-refractivity contribution in [2.75, 3.05) is 24.6 Å². The average Bonchev–Trinajstić information content (AvgIpc) is 2.76. The fourth-order valence-electron chi connectivity index (χ4n) is 1.58. The van der Waals surface area contributed by atoms with Crippen LogP contribution >= 0.6 is 11.3 Å². The lowest BCUT2D eigenvalue weighted by Gasteiger charge is -2.25. The van der Waals surface area contributed by atoms with Crippen LogP contribution < -0.4 is 5.73 Å². The van der Waals surface area contributed by atoms with Gasteiger partial charge in [-0.3, -0.25) is 4.79 Å². The molecule has 2 N–H and O–H groups in total. The van der Waals surface area contributed by atoms with Crippen LogP contribution in [0.15, 0.2) is 5.38 Å². The molecule has 0 radical (unpaired) electrons. The minimum atomic E-state index is -2.96. The Morgan fingerprint density at radius 1 is 1.47 bits per heavy atom. The zero-order chi connectivity index (χ0) is 12.5. The maximum absolute atomic E-state index is 12.0. The Bertz CT molecular complexity index is 509. The number of carbonyl (C=O) groups is 1. The highest BCUT2D eigenvalue weighted by molar-refractivity contribution is 7.91.